The van der Waals surface area contributed by atoms with Crippen LogP contribution in [-0.4, -0.2) is 38.8 Å². The van der Waals surface area contributed by atoms with Crippen LogP contribution in [0.1, 0.15) is 46.3 Å². The van der Waals surface area contributed by atoms with Gasteiger partial charge >= 0.3 is 0 Å². The lowest BCUT2D eigenvalue weighted by Crippen LogP contribution is -2.42. The summed E-state index contributed by atoms with van der Waals surface area (Å²) in [6, 6.07) is 18.3. The quantitative estimate of drug-likeness (QED) is 0.416. The first kappa shape index (κ1) is 27.4. The maximum atomic E-state index is 13.6. The molecule has 1 unspecified atom stereocenters. The largest absolute Gasteiger partial charge is 0.496 e. The van der Waals surface area contributed by atoms with E-state index in [1.807, 2.05) is 51.1 Å². The summed E-state index contributed by atoms with van der Waals surface area (Å²) >= 11 is 0. The number of carbonyl (C=O) groups excluding carboxylic acids is 1. The second-order valence-electron chi connectivity index (χ2n) is 9.29. The first-order valence-electron chi connectivity index (χ1n) is 12.1. The molecule has 36 heavy (non-hydrogen) atoms. The van der Waals surface area contributed by atoms with Crippen LogP contribution >= 0.6 is 0 Å². The summed E-state index contributed by atoms with van der Waals surface area (Å²) in [6.45, 7) is 9.76. The van der Waals surface area contributed by atoms with E-state index in [1.165, 1.54) is 15.9 Å². The molecule has 0 fully saturated rings. The van der Waals surface area contributed by atoms with Crippen LogP contribution in [-0.2, 0) is 21.2 Å². The number of nitrogens with one attached hydrogen (secondary N) is 1. The summed E-state index contributed by atoms with van der Waals surface area (Å²) in [7, 11) is -2.37. The van der Waals surface area contributed by atoms with Crippen molar-refractivity contribution in [2.45, 2.75) is 52.0 Å². The molecule has 0 aliphatic heterocycles. The number of amides is 1. The van der Waals surface area contributed by atoms with Gasteiger partial charge in [-0.1, -0.05) is 42.5 Å². The van der Waals surface area contributed by atoms with Crippen molar-refractivity contribution in [3.05, 3.63) is 94.0 Å². The summed E-state index contributed by atoms with van der Waals surface area (Å²) in [4.78, 5) is 13.3. The molecule has 0 aliphatic carbocycles. The molecule has 0 saturated carbocycles. The minimum atomic E-state index is -3.92. The number of methoxy groups -OCH3 is 1. The fraction of sp³-hybridized carbons (Fsp3) is 0.345. The number of carbonyl (C=O) groups is 1. The molecule has 0 heterocycles. The molecule has 6 nitrogen and oxygen atoms in total. The number of rotatable bonds is 10. The van der Waals surface area contributed by atoms with Crippen LogP contribution in [0.3, 0.4) is 0 Å². The highest BCUT2D eigenvalue weighted by Crippen LogP contribution is 2.25. The zero-order valence-electron chi connectivity index (χ0n) is 22.0. The zero-order chi connectivity index (χ0) is 26.5. The smallest absolute Gasteiger partial charge is 0.243 e. The van der Waals surface area contributed by atoms with Gasteiger partial charge in [-0.3, -0.25) is 4.79 Å². The summed E-state index contributed by atoms with van der Waals surface area (Å²) < 4.78 is 33.8. The van der Waals surface area contributed by atoms with E-state index in [-0.39, 0.29) is 29.9 Å². The van der Waals surface area contributed by atoms with Gasteiger partial charge in [-0.2, -0.15) is 4.31 Å². The number of benzene rings is 3. The van der Waals surface area contributed by atoms with Crippen molar-refractivity contribution < 1.29 is 17.9 Å². The van der Waals surface area contributed by atoms with Gasteiger partial charge in [-0.25, -0.2) is 8.42 Å². The fourth-order valence-electron chi connectivity index (χ4n) is 4.32. The van der Waals surface area contributed by atoms with Gasteiger partial charge < -0.3 is 10.1 Å². The van der Waals surface area contributed by atoms with Crippen molar-refractivity contribution in [1.29, 1.82) is 0 Å². The van der Waals surface area contributed by atoms with Gasteiger partial charge in [-0.15, -0.1) is 0 Å². The van der Waals surface area contributed by atoms with Crippen LogP contribution in [0.2, 0.25) is 0 Å². The topological polar surface area (TPSA) is 75.7 Å². The monoisotopic (exact) mass is 508 g/mol. The molecule has 7 heteroatoms. The second kappa shape index (κ2) is 11.7. The summed E-state index contributed by atoms with van der Waals surface area (Å²) in [5, 5.41) is 3.00. The molecule has 3 rings (SSSR count). The fourth-order valence-corrected chi connectivity index (χ4v) is 5.80. The molecule has 3 aromatic rings. The van der Waals surface area contributed by atoms with E-state index < -0.39 is 10.0 Å². The Bertz CT molecular complexity index is 1320. The van der Waals surface area contributed by atoms with Crippen molar-refractivity contribution >= 4 is 15.9 Å². The van der Waals surface area contributed by atoms with E-state index in [0.717, 1.165) is 22.3 Å². The standard InChI is InChI=1S/C29H36N2O4S/c1-20-16-22(3)27(18-21(20)2)24(5)30-29(32)19-31(15-14-25-10-8-7-9-11-25)36(33,34)26-12-13-28(35-6)23(4)17-26/h7-13,16-18,24H,14-15,19H2,1-6H3,(H,30,32). The highest BCUT2D eigenvalue weighted by molar-refractivity contribution is 7.89. The molecule has 0 aromatic heterocycles. The van der Waals surface area contributed by atoms with Crippen LogP contribution in [0.5, 0.6) is 5.75 Å². The Labute approximate surface area is 215 Å². The maximum Gasteiger partial charge on any atom is 0.243 e. The van der Waals surface area contributed by atoms with Gasteiger partial charge in [0.25, 0.3) is 0 Å². The van der Waals surface area contributed by atoms with Gasteiger partial charge in [-0.05, 0) is 92.6 Å². The third kappa shape index (κ3) is 6.53. The van der Waals surface area contributed by atoms with E-state index in [0.29, 0.717) is 17.7 Å². The number of ether oxygens (including phenoxy) is 1. The van der Waals surface area contributed by atoms with Crippen LogP contribution in [0.25, 0.3) is 0 Å². The lowest BCUT2D eigenvalue weighted by Gasteiger charge is -2.24. The van der Waals surface area contributed by atoms with Crippen molar-refractivity contribution in [1.82, 2.24) is 9.62 Å². The Morgan fingerprint density at radius 1 is 0.917 bits per heavy atom. The van der Waals surface area contributed by atoms with Crippen LogP contribution in [0, 0.1) is 27.7 Å². The molecular weight excluding hydrogens is 472 g/mol. The number of hydrogen-bond acceptors (Lipinski definition) is 4. The molecule has 1 N–H and O–H groups in total. The number of hydrogen-bond donors (Lipinski definition) is 1. The predicted molar refractivity (Wildman–Crippen MR) is 144 cm³/mol. The third-order valence-corrected chi connectivity index (χ3v) is 8.38. The Morgan fingerprint density at radius 3 is 2.22 bits per heavy atom. The lowest BCUT2D eigenvalue weighted by atomic mass is 9.96. The average Bonchev–Trinajstić information content (AvgIpc) is 2.84. The summed E-state index contributed by atoms with van der Waals surface area (Å²) in [5.41, 5.74) is 6.18. The van der Waals surface area contributed by atoms with Crippen molar-refractivity contribution in [3.8, 4) is 5.75 Å². The summed E-state index contributed by atoms with van der Waals surface area (Å²) in [6.07, 6.45) is 0.494. The van der Waals surface area contributed by atoms with Gasteiger partial charge in [0, 0.05) is 6.54 Å². The Hall–Kier alpha value is -3.16. The van der Waals surface area contributed by atoms with Crippen molar-refractivity contribution in [2.75, 3.05) is 20.2 Å². The molecule has 192 valence electrons. The third-order valence-electron chi connectivity index (χ3n) is 6.54. The van der Waals surface area contributed by atoms with E-state index in [9.17, 15) is 13.2 Å². The van der Waals surface area contributed by atoms with E-state index >= 15 is 0 Å². The minimum Gasteiger partial charge on any atom is -0.496 e. The Morgan fingerprint density at radius 2 is 1.58 bits per heavy atom. The number of aryl methyl sites for hydroxylation is 4. The van der Waals surface area contributed by atoms with E-state index in [2.05, 4.69) is 24.4 Å². The van der Waals surface area contributed by atoms with Crippen LogP contribution in [0.4, 0.5) is 0 Å². The van der Waals surface area contributed by atoms with Crippen molar-refractivity contribution in [2.24, 2.45) is 0 Å². The molecule has 1 atom stereocenters. The predicted octanol–water partition coefficient (Wildman–Crippen LogP) is 5.04. The molecule has 3 aromatic carbocycles. The SMILES string of the molecule is COc1ccc(S(=O)(=O)N(CCc2ccccc2)CC(=O)NC(C)c2cc(C)c(C)cc2C)cc1C. The maximum absolute atomic E-state index is 13.6. The normalized spacial score (nSPS) is 12.4. The molecule has 1 amide bonds. The average molecular weight is 509 g/mol. The highest BCUT2D eigenvalue weighted by Gasteiger charge is 2.28. The molecular formula is C29H36N2O4S. The number of nitrogens with zero attached hydrogens (tertiary/aromatic N) is 1. The van der Waals surface area contributed by atoms with Crippen LogP contribution < -0.4 is 10.1 Å². The van der Waals surface area contributed by atoms with Gasteiger partial charge in [0.05, 0.1) is 24.6 Å². The molecule has 0 radical (unpaired) electrons. The van der Waals surface area contributed by atoms with E-state index in [4.69, 9.17) is 4.74 Å². The minimum absolute atomic E-state index is 0.139. The number of sulfonamides is 1. The zero-order valence-corrected chi connectivity index (χ0v) is 22.8. The Balaban J connectivity index is 1.84. The second-order valence-corrected chi connectivity index (χ2v) is 11.2. The van der Waals surface area contributed by atoms with Gasteiger partial charge in [0.15, 0.2) is 0 Å². The summed E-state index contributed by atoms with van der Waals surface area (Å²) in [5.74, 6) is 0.266. The molecule has 0 aliphatic rings. The van der Waals surface area contributed by atoms with Crippen molar-refractivity contribution in [3.63, 3.8) is 0 Å². The van der Waals surface area contributed by atoms with Crippen LogP contribution in [0.15, 0.2) is 65.6 Å². The van der Waals surface area contributed by atoms with Gasteiger partial charge in [0.1, 0.15) is 5.75 Å². The molecule has 0 spiro atoms. The highest BCUT2D eigenvalue weighted by atomic mass is 32.2. The molecule has 0 saturated heterocycles. The van der Waals surface area contributed by atoms with Gasteiger partial charge in [0.2, 0.25) is 15.9 Å². The Kier molecular flexibility index (Phi) is 8.93. The van der Waals surface area contributed by atoms with E-state index in [1.54, 1.807) is 26.2 Å². The molecule has 0 bridgehead atoms. The first-order valence-corrected chi connectivity index (χ1v) is 13.5. The lowest BCUT2D eigenvalue weighted by molar-refractivity contribution is -0.121. The first-order chi connectivity index (χ1) is 17.0.